The molecule has 0 saturated heterocycles. The topological polar surface area (TPSA) is 114 Å². The highest BCUT2D eigenvalue weighted by atomic mass is 79.9. The highest BCUT2D eigenvalue weighted by Gasteiger charge is 2.12. The van der Waals surface area contributed by atoms with E-state index in [1.807, 2.05) is 19.1 Å². The minimum absolute atomic E-state index is 0.112. The minimum atomic E-state index is -0.593. The summed E-state index contributed by atoms with van der Waals surface area (Å²) in [6.45, 7) is 1.97. The maximum absolute atomic E-state index is 12.0. The first-order valence-corrected chi connectivity index (χ1v) is 8.83. The third-order valence-electron chi connectivity index (χ3n) is 3.56. The monoisotopic (exact) mass is 432 g/mol. The third-order valence-corrected chi connectivity index (χ3v) is 4.23. The average molecular weight is 433 g/mol. The molecule has 9 heteroatoms. The molecule has 0 aromatic heterocycles. The second-order valence-electron chi connectivity index (χ2n) is 5.50. The summed E-state index contributed by atoms with van der Waals surface area (Å²) in [5, 5.41) is 17.3. The van der Waals surface area contributed by atoms with Gasteiger partial charge in [0.05, 0.1) is 15.6 Å². The van der Waals surface area contributed by atoms with Gasteiger partial charge in [-0.15, -0.1) is 0 Å². The van der Waals surface area contributed by atoms with Crippen molar-refractivity contribution in [2.24, 2.45) is 5.10 Å². The number of nitrogens with one attached hydrogen (secondary N) is 2. The van der Waals surface area contributed by atoms with Gasteiger partial charge in [0.15, 0.2) is 0 Å². The minimum Gasteiger partial charge on any atom is -0.325 e. The van der Waals surface area contributed by atoms with Crippen LogP contribution < -0.4 is 10.7 Å². The van der Waals surface area contributed by atoms with Crippen molar-refractivity contribution in [1.29, 1.82) is 0 Å². The molecular weight excluding hydrogens is 416 g/mol. The summed E-state index contributed by atoms with van der Waals surface area (Å²) in [7, 11) is 0. The Labute approximate surface area is 163 Å². The molecule has 2 aromatic rings. The van der Waals surface area contributed by atoms with Crippen LogP contribution >= 0.6 is 15.9 Å². The van der Waals surface area contributed by atoms with Gasteiger partial charge in [-0.25, -0.2) is 5.43 Å². The van der Waals surface area contributed by atoms with E-state index in [2.05, 4.69) is 31.8 Å². The van der Waals surface area contributed by atoms with Crippen LogP contribution in [0.3, 0.4) is 0 Å². The number of rotatable bonds is 7. The van der Waals surface area contributed by atoms with E-state index in [1.54, 1.807) is 18.2 Å². The quantitative estimate of drug-likeness (QED) is 0.302. The molecule has 0 unspecified atom stereocenters. The number of para-hydroxylation sites is 1. The molecule has 0 bridgehead atoms. The number of amides is 2. The number of hydrogen-bond acceptors (Lipinski definition) is 5. The number of carbonyl (C=O) groups is 2. The van der Waals surface area contributed by atoms with Crippen LogP contribution in [0.1, 0.15) is 24.5 Å². The molecule has 0 spiro atoms. The van der Waals surface area contributed by atoms with Crippen molar-refractivity contribution in [2.45, 2.75) is 19.8 Å². The van der Waals surface area contributed by atoms with Crippen LogP contribution in [-0.4, -0.2) is 23.0 Å². The molecule has 0 heterocycles. The Morgan fingerprint density at radius 3 is 2.67 bits per heavy atom. The molecule has 0 fully saturated rings. The summed E-state index contributed by atoms with van der Waals surface area (Å²) in [5.41, 5.74) is 4.20. The lowest BCUT2D eigenvalue weighted by atomic mass is 10.1. The maximum Gasteiger partial charge on any atom is 0.284 e. The number of hydrazone groups is 1. The van der Waals surface area contributed by atoms with Gasteiger partial charge in [-0.05, 0) is 40.0 Å². The van der Waals surface area contributed by atoms with E-state index < -0.39 is 23.2 Å². The molecule has 2 rings (SSSR count). The van der Waals surface area contributed by atoms with Crippen LogP contribution in [0.2, 0.25) is 0 Å². The summed E-state index contributed by atoms with van der Waals surface area (Å²) in [6, 6.07) is 11.8. The summed E-state index contributed by atoms with van der Waals surface area (Å²) in [6.07, 6.45) is 1.63. The van der Waals surface area contributed by atoms with E-state index >= 15 is 0 Å². The van der Waals surface area contributed by atoms with Gasteiger partial charge >= 0.3 is 0 Å². The van der Waals surface area contributed by atoms with Crippen LogP contribution in [-0.2, 0) is 16.0 Å². The number of carbonyl (C=O) groups excluding carboxylic acids is 2. The van der Waals surface area contributed by atoms with Gasteiger partial charge in [0.1, 0.15) is 6.42 Å². The van der Waals surface area contributed by atoms with E-state index in [9.17, 15) is 19.7 Å². The summed E-state index contributed by atoms with van der Waals surface area (Å²) < 4.78 is 0.345. The Kier molecular flexibility index (Phi) is 7.18. The molecule has 2 aromatic carbocycles. The predicted octanol–water partition coefficient (Wildman–Crippen LogP) is 3.40. The number of nitrogens with zero attached hydrogens (tertiary/aromatic N) is 2. The van der Waals surface area contributed by atoms with Crippen molar-refractivity contribution in [2.75, 3.05) is 5.32 Å². The van der Waals surface area contributed by atoms with Crippen molar-refractivity contribution in [1.82, 2.24) is 5.43 Å². The molecule has 0 aliphatic heterocycles. The second-order valence-corrected chi connectivity index (χ2v) is 6.35. The first-order chi connectivity index (χ1) is 12.9. The van der Waals surface area contributed by atoms with Crippen molar-refractivity contribution in [3.8, 4) is 0 Å². The Hall–Kier alpha value is -3.07. The molecule has 0 aliphatic rings. The zero-order chi connectivity index (χ0) is 19.8. The van der Waals surface area contributed by atoms with E-state index in [-0.39, 0.29) is 5.69 Å². The Morgan fingerprint density at radius 1 is 1.22 bits per heavy atom. The smallest absolute Gasteiger partial charge is 0.284 e. The number of nitro groups is 1. The van der Waals surface area contributed by atoms with Crippen molar-refractivity contribution >= 4 is 45.3 Å². The number of aryl methyl sites for hydroxylation is 1. The highest BCUT2D eigenvalue weighted by molar-refractivity contribution is 9.10. The number of hydrogen-bond donors (Lipinski definition) is 2. The molecule has 0 radical (unpaired) electrons. The molecule has 27 heavy (non-hydrogen) atoms. The fourth-order valence-electron chi connectivity index (χ4n) is 2.26. The van der Waals surface area contributed by atoms with Crippen molar-refractivity contribution < 1.29 is 14.5 Å². The molecule has 2 amide bonds. The van der Waals surface area contributed by atoms with Gasteiger partial charge in [-0.1, -0.05) is 31.2 Å². The Balaban J connectivity index is 1.90. The zero-order valence-electron chi connectivity index (χ0n) is 14.4. The normalized spacial score (nSPS) is 10.6. The number of nitro benzene ring substituents is 1. The fourth-order valence-corrected chi connectivity index (χ4v) is 2.65. The van der Waals surface area contributed by atoms with E-state index in [4.69, 9.17) is 0 Å². The second kappa shape index (κ2) is 9.58. The van der Waals surface area contributed by atoms with Gasteiger partial charge in [0.25, 0.3) is 5.69 Å². The lowest BCUT2D eigenvalue weighted by Crippen LogP contribution is -2.25. The van der Waals surface area contributed by atoms with Gasteiger partial charge in [-0.3, -0.25) is 19.7 Å². The number of halogens is 1. The summed E-state index contributed by atoms with van der Waals surface area (Å²) in [4.78, 5) is 34.2. The lowest BCUT2D eigenvalue weighted by molar-refractivity contribution is -0.385. The molecular formula is C18H17BrN4O4. The lowest BCUT2D eigenvalue weighted by Gasteiger charge is -2.09. The summed E-state index contributed by atoms with van der Waals surface area (Å²) in [5.74, 6) is -1.05. The Morgan fingerprint density at radius 2 is 1.96 bits per heavy atom. The van der Waals surface area contributed by atoms with Crippen LogP contribution in [0.15, 0.2) is 52.0 Å². The zero-order valence-corrected chi connectivity index (χ0v) is 16.0. The molecule has 0 saturated carbocycles. The first-order valence-electron chi connectivity index (χ1n) is 8.04. The van der Waals surface area contributed by atoms with Crippen molar-refractivity contribution in [3.63, 3.8) is 0 Å². The van der Waals surface area contributed by atoms with Crippen LogP contribution in [0.25, 0.3) is 0 Å². The van der Waals surface area contributed by atoms with Crippen LogP contribution in [0.5, 0.6) is 0 Å². The van der Waals surface area contributed by atoms with Gasteiger partial charge in [-0.2, -0.15) is 5.10 Å². The summed E-state index contributed by atoms with van der Waals surface area (Å²) >= 11 is 3.09. The number of anilines is 1. The van der Waals surface area contributed by atoms with Gasteiger partial charge < -0.3 is 5.32 Å². The predicted molar refractivity (Wildman–Crippen MR) is 106 cm³/mol. The van der Waals surface area contributed by atoms with Crippen LogP contribution in [0.4, 0.5) is 11.4 Å². The standard InChI is InChI=1S/C18H17BrN4O4/c1-2-13-5-3-4-6-15(13)21-17(24)10-18(25)22-20-11-12-7-8-14(19)16(9-12)23(26)27/h3-9,11H,2,10H2,1H3,(H,21,24)(H,22,25). The largest absolute Gasteiger partial charge is 0.325 e. The molecule has 8 nitrogen and oxygen atoms in total. The average Bonchev–Trinajstić information content (AvgIpc) is 2.63. The molecule has 2 N–H and O–H groups in total. The fraction of sp³-hybridized carbons (Fsp3) is 0.167. The van der Waals surface area contributed by atoms with E-state index in [1.165, 1.54) is 18.3 Å². The van der Waals surface area contributed by atoms with Crippen molar-refractivity contribution in [3.05, 3.63) is 68.2 Å². The SMILES string of the molecule is CCc1ccccc1NC(=O)CC(=O)NN=Cc1ccc(Br)c([N+](=O)[O-])c1. The Bertz CT molecular complexity index is 899. The van der Waals surface area contributed by atoms with Crippen LogP contribution in [0, 0.1) is 10.1 Å². The molecule has 0 atom stereocenters. The number of benzene rings is 2. The third kappa shape index (κ3) is 6.00. The molecule has 0 aliphatic carbocycles. The maximum atomic E-state index is 12.0. The van der Waals surface area contributed by atoms with E-state index in [0.717, 1.165) is 12.0 Å². The highest BCUT2D eigenvalue weighted by Crippen LogP contribution is 2.24. The van der Waals surface area contributed by atoms with Gasteiger partial charge in [0.2, 0.25) is 11.8 Å². The first kappa shape index (κ1) is 20.2. The van der Waals surface area contributed by atoms with E-state index in [0.29, 0.717) is 15.7 Å². The van der Waals surface area contributed by atoms with Gasteiger partial charge in [0, 0.05) is 17.3 Å². The molecule has 140 valence electrons.